The van der Waals surface area contributed by atoms with Gasteiger partial charge >= 0.3 is 0 Å². The summed E-state index contributed by atoms with van der Waals surface area (Å²) in [5, 5.41) is 3.11. The molecule has 3 aromatic rings. The number of oxazole rings is 1. The predicted octanol–water partition coefficient (Wildman–Crippen LogP) is 2.56. The quantitative estimate of drug-likeness (QED) is 0.629. The second kappa shape index (κ2) is 6.91. The van der Waals surface area contributed by atoms with Crippen LogP contribution in [0.1, 0.15) is 17.3 Å². The molecular weight excluding hydrogens is 322 g/mol. The molecule has 0 bridgehead atoms. The Morgan fingerprint density at radius 1 is 1.32 bits per heavy atom. The lowest BCUT2D eigenvalue weighted by atomic mass is 10.1. The Hall–Kier alpha value is -3.55. The highest BCUT2D eigenvalue weighted by atomic mass is 16.5. The summed E-state index contributed by atoms with van der Waals surface area (Å²) in [4.78, 5) is 19.7. The van der Waals surface area contributed by atoms with Gasteiger partial charge < -0.3 is 25.9 Å². The van der Waals surface area contributed by atoms with Gasteiger partial charge in [-0.15, -0.1) is 0 Å². The molecule has 2 aromatic heterocycles. The number of primary amides is 1. The molecule has 128 valence electrons. The monoisotopic (exact) mass is 339 g/mol. The number of ether oxygens (including phenoxy) is 1. The Morgan fingerprint density at radius 3 is 2.68 bits per heavy atom. The third kappa shape index (κ3) is 3.52. The molecule has 0 radical (unpaired) electrons. The highest BCUT2D eigenvalue weighted by Gasteiger charge is 2.17. The zero-order valence-corrected chi connectivity index (χ0v) is 13.5. The molecule has 1 aromatic carbocycles. The van der Waals surface area contributed by atoms with Crippen LogP contribution in [0.15, 0.2) is 47.3 Å². The number of pyridine rings is 1. The number of nitrogens with zero attached hydrogens (tertiary/aromatic N) is 2. The molecule has 8 nitrogen and oxygen atoms in total. The molecule has 0 atom stereocenters. The van der Waals surface area contributed by atoms with Gasteiger partial charge in [-0.1, -0.05) is 0 Å². The number of nitrogen functional groups attached to an aromatic ring is 1. The van der Waals surface area contributed by atoms with Crippen molar-refractivity contribution in [2.24, 2.45) is 5.73 Å². The molecule has 0 aliphatic carbocycles. The van der Waals surface area contributed by atoms with Crippen LogP contribution in [0, 0.1) is 0 Å². The van der Waals surface area contributed by atoms with Crippen molar-refractivity contribution in [1.82, 2.24) is 9.97 Å². The summed E-state index contributed by atoms with van der Waals surface area (Å²) in [6, 6.07) is 9.02. The van der Waals surface area contributed by atoms with Crippen LogP contribution < -0.4 is 21.5 Å². The molecule has 2 heterocycles. The van der Waals surface area contributed by atoms with Crippen LogP contribution >= 0.6 is 0 Å². The molecule has 0 fully saturated rings. The highest BCUT2D eigenvalue weighted by molar-refractivity contribution is 6.00. The van der Waals surface area contributed by atoms with E-state index in [1.165, 1.54) is 12.5 Å². The molecule has 0 unspecified atom stereocenters. The Bertz CT molecular complexity index is 876. The summed E-state index contributed by atoms with van der Waals surface area (Å²) in [6.45, 7) is 2.12. The minimum Gasteiger partial charge on any atom is -0.477 e. The number of nitrogens with two attached hydrogens (primary N) is 2. The van der Waals surface area contributed by atoms with Crippen molar-refractivity contribution in [3.8, 4) is 17.2 Å². The minimum absolute atomic E-state index is 0.0769. The number of benzene rings is 1. The van der Waals surface area contributed by atoms with Crippen molar-refractivity contribution in [2.75, 3.05) is 17.7 Å². The number of anilines is 3. The molecule has 1 amide bonds. The number of amides is 1. The Morgan fingerprint density at radius 2 is 2.08 bits per heavy atom. The van der Waals surface area contributed by atoms with Gasteiger partial charge in [-0.3, -0.25) is 4.79 Å². The molecule has 25 heavy (non-hydrogen) atoms. The smallest absolute Gasteiger partial charge is 0.256 e. The van der Waals surface area contributed by atoms with Crippen molar-refractivity contribution in [1.29, 1.82) is 0 Å². The van der Waals surface area contributed by atoms with E-state index in [0.717, 1.165) is 11.3 Å². The van der Waals surface area contributed by atoms with E-state index in [9.17, 15) is 4.79 Å². The van der Waals surface area contributed by atoms with Gasteiger partial charge in [0, 0.05) is 17.3 Å². The summed E-state index contributed by atoms with van der Waals surface area (Å²) in [7, 11) is 0. The van der Waals surface area contributed by atoms with Crippen LogP contribution in [0.5, 0.6) is 5.88 Å². The Balaban J connectivity index is 1.86. The lowest BCUT2D eigenvalue weighted by molar-refractivity contribution is 0.0997. The van der Waals surface area contributed by atoms with E-state index in [0.29, 0.717) is 18.2 Å². The summed E-state index contributed by atoms with van der Waals surface area (Å²) in [6.07, 6.45) is 3.02. The standard InChI is InChI=1S/C17H17N5O3/c1-2-24-17-15(16(19)23)12(18)7-14(22-17)21-11-5-3-10(4-6-11)13-8-20-9-25-13/h3-9H,2H2,1H3,(H2,19,23)(H3,18,21,22). The van der Waals surface area contributed by atoms with Gasteiger partial charge in [0.05, 0.1) is 18.5 Å². The van der Waals surface area contributed by atoms with E-state index in [4.69, 9.17) is 20.6 Å². The van der Waals surface area contributed by atoms with Gasteiger partial charge in [-0.05, 0) is 31.2 Å². The summed E-state index contributed by atoms with van der Waals surface area (Å²) in [5.74, 6) is 0.545. The van der Waals surface area contributed by atoms with E-state index < -0.39 is 5.91 Å². The molecule has 0 aliphatic heterocycles. The fourth-order valence-electron chi connectivity index (χ4n) is 2.32. The number of aromatic nitrogens is 2. The first-order valence-corrected chi connectivity index (χ1v) is 7.57. The molecule has 0 aliphatic rings. The van der Waals surface area contributed by atoms with Crippen molar-refractivity contribution in [3.63, 3.8) is 0 Å². The topological polar surface area (TPSA) is 129 Å². The van der Waals surface area contributed by atoms with Gasteiger partial charge in [-0.2, -0.15) is 4.98 Å². The van der Waals surface area contributed by atoms with Crippen molar-refractivity contribution >= 4 is 23.1 Å². The second-order valence-electron chi connectivity index (χ2n) is 5.14. The van der Waals surface area contributed by atoms with Crippen LogP contribution in [0.2, 0.25) is 0 Å². The van der Waals surface area contributed by atoms with Gasteiger partial charge in [0.2, 0.25) is 5.88 Å². The molecule has 5 N–H and O–H groups in total. The molecule has 8 heteroatoms. The zero-order chi connectivity index (χ0) is 17.8. The first kappa shape index (κ1) is 16.3. The third-order valence-electron chi connectivity index (χ3n) is 3.42. The minimum atomic E-state index is -0.684. The van der Waals surface area contributed by atoms with Gasteiger partial charge in [0.25, 0.3) is 5.91 Å². The number of nitrogens with one attached hydrogen (secondary N) is 1. The average molecular weight is 339 g/mol. The summed E-state index contributed by atoms with van der Waals surface area (Å²) in [5.41, 5.74) is 13.2. The first-order chi connectivity index (χ1) is 12.1. The summed E-state index contributed by atoms with van der Waals surface area (Å²) < 4.78 is 10.6. The maximum Gasteiger partial charge on any atom is 0.256 e. The lowest BCUT2D eigenvalue weighted by Crippen LogP contribution is -2.17. The van der Waals surface area contributed by atoms with E-state index in [1.807, 2.05) is 24.3 Å². The Labute approximate surface area is 143 Å². The van der Waals surface area contributed by atoms with E-state index in [2.05, 4.69) is 15.3 Å². The van der Waals surface area contributed by atoms with Crippen LogP contribution in [-0.2, 0) is 0 Å². The second-order valence-corrected chi connectivity index (χ2v) is 5.14. The molecule has 0 saturated heterocycles. The van der Waals surface area contributed by atoms with Crippen LogP contribution in [0.4, 0.5) is 17.2 Å². The normalized spacial score (nSPS) is 10.4. The zero-order valence-electron chi connectivity index (χ0n) is 13.5. The Kier molecular flexibility index (Phi) is 4.51. The first-order valence-electron chi connectivity index (χ1n) is 7.57. The number of hydrogen-bond donors (Lipinski definition) is 3. The van der Waals surface area contributed by atoms with E-state index in [1.54, 1.807) is 13.1 Å². The van der Waals surface area contributed by atoms with Crippen LogP contribution in [0.3, 0.4) is 0 Å². The number of rotatable bonds is 6. The predicted molar refractivity (Wildman–Crippen MR) is 93.6 cm³/mol. The van der Waals surface area contributed by atoms with Crippen molar-refractivity contribution in [2.45, 2.75) is 6.92 Å². The highest BCUT2D eigenvalue weighted by Crippen LogP contribution is 2.28. The van der Waals surface area contributed by atoms with Crippen molar-refractivity contribution < 1.29 is 13.9 Å². The van der Waals surface area contributed by atoms with Gasteiger partial charge in [0.15, 0.2) is 12.2 Å². The molecular formula is C17H17N5O3. The molecule has 0 spiro atoms. The number of hydrogen-bond acceptors (Lipinski definition) is 7. The van der Waals surface area contributed by atoms with E-state index >= 15 is 0 Å². The van der Waals surface area contributed by atoms with Gasteiger partial charge in [-0.25, -0.2) is 4.98 Å². The van der Waals surface area contributed by atoms with Crippen molar-refractivity contribution in [3.05, 3.63) is 48.5 Å². The molecule has 0 saturated carbocycles. The fourth-order valence-corrected chi connectivity index (χ4v) is 2.32. The average Bonchev–Trinajstić information content (AvgIpc) is 3.09. The lowest BCUT2D eigenvalue weighted by Gasteiger charge is -2.13. The third-order valence-corrected chi connectivity index (χ3v) is 3.42. The SMILES string of the molecule is CCOc1nc(Nc2ccc(-c3cnco3)cc2)cc(N)c1C(N)=O. The largest absolute Gasteiger partial charge is 0.477 e. The van der Waals surface area contributed by atoms with E-state index in [-0.39, 0.29) is 17.1 Å². The summed E-state index contributed by atoms with van der Waals surface area (Å²) >= 11 is 0. The number of carbonyl (C=O) groups is 1. The van der Waals surface area contributed by atoms with Crippen LogP contribution in [0.25, 0.3) is 11.3 Å². The van der Waals surface area contributed by atoms with Crippen LogP contribution in [-0.4, -0.2) is 22.5 Å². The van der Waals surface area contributed by atoms with Gasteiger partial charge in [0.1, 0.15) is 11.4 Å². The maximum absolute atomic E-state index is 11.5. The fraction of sp³-hybridized carbons (Fsp3) is 0.118. The number of carbonyl (C=O) groups excluding carboxylic acids is 1. The molecule has 3 rings (SSSR count). The maximum atomic E-state index is 11.5.